The zero-order valence-electron chi connectivity index (χ0n) is 18.5. The number of likely N-dealkylation sites (N-methyl/N-ethyl adjacent to an activating group) is 1. The monoisotopic (exact) mass is 437 g/mol. The van der Waals surface area contributed by atoms with Crippen LogP contribution in [0.25, 0.3) is 6.08 Å². The summed E-state index contributed by atoms with van der Waals surface area (Å²) in [6.45, 7) is 7.48. The summed E-state index contributed by atoms with van der Waals surface area (Å²) in [6, 6.07) is 8.17. The van der Waals surface area contributed by atoms with Crippen molar-refractivity contribution in [2.45, 2.75) is 19.9 Å². The number of hydrogen-bond acceptors (Lipinski definition) is 8. The number of benzene rings is 1. The van der Waals surface area contributed by atoms with Gasteiger partial charge in [0.2, 0.25) is 17.8 Å². The molecule has 3 aromatic rings. The first-order chi connectivity index (χ1) is 15.5. The molecule has 168 valence electrons. The second-order valence-electron chi connectivity index (χ2n) is 7.82. The summed E-state index contributed by atoms with van der Waals surface area (Å²) in [5.41, 5.74) is 1.82. The second kappa shape index (κ2) is 9.73. The van der Waals surface area contributed by atoms with E-state index in [0.717, 1.165) is 37.4 Å². The highest BCUT2D eigenvalue weighted by molar-refractivity contribution is 5.56. The van der Waals surface area contributed by atoms with Crippen LogP contribution >= 0.6 is 0 Å². The average molecular weight is 438 g/mol. The Balaban J connectivity index is 1.59. The number of anilines is 4. The number of halogens is 1. The highest BCUT2D eigenvalue weighted by atomic mass is 19.1. The molecule has 0 spiro atoms. The summed E-state index contributed by atoms with van der Waals surface area (Å²) in [6.07, 6.45) is 3.86. The van der Waals surface area contributed by atoms with Gasteiger partial charge in [0.05, 0.1) is 11.7 Å². The SMILES string of the molecule is C/C=C/c1cc(Nc2nc(NC(C)c3ccc(F)cc3)nc(N3CCN(C)CC3)n2)n[nH]1. The number of allylic oxidation sites excluding steroid dienone is 1. The fraction of sp³-hybridized carbons (Fsp3) is 0.364. The van der Waals surface area contributed by atoms with E-state index in [1.807, 2.05) is 32.1 Å². The lowest BCUT2D eigenvalue weighted by Crippen LogP contribution is -2.45. The first kappa shape index (κ1) is 21.7. The van der Waals surface area contributed by atoms with Gasteiger partial charge in [-0.25, -0.2) is 4.39 Å². The van der Waals surface area contributed by atoms with Gasteiger partial charge >= 0.3 is 0 Å². The molecule has 1 aliphatic rings. The van der Waals surface area contributed by atoms with E-state index in [0.29, 0.717) is 23.7 Å². The van der Waals surface area contributed by atoms with Crippen molar-refractivity contribution >= 4 is 29.7 Å². The molecule has 1 atom stereocenters. The average Bonchev–Trinajstić information content (AvgIpc) is 3.21. The van der Waals surface area contributed by atoms with E-state index in [4.69, 9.17) is 0 Å². The molecule has 1 aliphatic heterocycles. The van der Waals surface area contributed by atoms with E-state index in [1.54, 1.807) is 12.1 Å². The van der Waals surface area contributed by atoms with Crippen LogP contribution in [-0.4, -0.2) is 63.3 Å². The van der Waals surface area contributed by atoms with Crippen LogP contribution in [0, 0.1) is 5.82 Å². The molecule has 3 N–H and O–H groups in total. The molecule has 0 radical (unpaired) electrons. The van der Waals surface area contributed by atoms with Gasteiger partial charge in [0.25, 0.3) is 0 Å². The molecule has 2 aromatic heterocycles. The molecule has 1 fully saturated rings. The minimum Gasteiger partial charge on any atom is -0.348 e. The summed E-state index contributed by atoms with van der Waals surface area (Å²) < 4.78 is 13.3. The molecule has 1 saturated heterocycles. The second-order valence-corrected chi connectivity index (χ2v) is 7.82. The maximum Gasteiger partial charge on any atom is 0.235 e. The maximum absolute atomic E-state index is 13.3. The minimum absolute atomic E-state index is 0.113. The standard InChI is InChI=1S/C22H28FN9/c1-4-5-18-14-19(30-29-18)25-21-26-20(24-15(2)16-6-8-17(23)9-7-16)27-22(28-21)32-12-10-31(3)11-13-32/h4-9,14-15H,10-13H2,1-3H3,(H3,24,25,26,27,28,29,30)/b5-4+. The number of aromatic amines is 1. The lowest BCUT2D eigenvalue weighted by atomic mass is 10.1. The van der Waals surface area contributed by atoms with Crippen LogP contribution in [0.4, 0.5) is 28.1 Å². The van der Waals surface area contributed by atoms with Crippen LogP contribution in [0.1, 0.15) is 31.1 Å². The van der Waals surface area contributed by atoms with Gasteiger partial charge < -0.3 is 20.4 Å². The fourth-order valence-electron chi connectivity index (χ4n) is 3.44. The molecule has 9 nitrogen and oxygen atoms in total. The Morgan fingerprint density at radius 3 is 2.50 bits per heavy atom. The van der Waals surface area contributed by atoms with Crippen LogP contribution in [0.5, 0.6) is 0 Å². The largest absolute Gasteiger partial charge is 0.348 e. The summed E-state index contributed by atoms with van der Waals surface area (Å²) in [4.78, 5) is 18.3. The van der Waals surface area contributed by atoms with Gasteiger partial charge in [0, 0.05) is 32.2 Å². The molecular formula is C22H28FN9. The van der Waals surface area contributed by atoms with Crippen molar-refractivity contribution in [2.24, 2.45) is 0 Å². The quantitative estimate of drug-likeness (QED) is 0.517. The van der Waals surface area contributed by atoms with Crippen molar-refractivity contribution in [2.75, 3.05) is 48.8 Å². The predicted molar refractivity (Wildman–Crippen MR) is 125 cm³/mol. The van der Waals surface area contributed by atoms with Gasteiger partial charge in [-0.05, 0) is 44.7 Å². The maximum atomic E-state index is 13.3. The van der Waals surface area contributed by atoms with Crippen molar-refractivity contribution in [1.29, 1.82) is 0 Å². The molecule has 4 rings (SSSR count). The number of rotatable bonds is 7. The number of nitrogens with zero attached hydrogens (tertiary/aromatic N) is 6. The summed E-state index contributed by atoms with van der Waals surface area (Å²) in [5, 5.41) is 13.7. The number of hydrogen-bond donors (Lipinski definition) is 3. The Labute approximate surface area is 186 Å². The Hall–Kier alpha value is -3.53. The smallest absolute Gasteiger partial charge is 0.235 e. The zero-order valence-corrected chi connectivity index (χ0v) is 18.5. The molecule has 0 amide bonds. The molecule has 10 heteroatoms. The van der Waals surface area contributed by atoms with Crippen molar-refractivity contribution in [1.82, 2.24) is 30.0 Å². The van der Waals surface area contributed by atoms with E-state index in [1.165, 1.54) is 12.1 Å². The van der Waals surface area contributed by atoms with E-state index in [9.17, 15) is 4.39 Å². The highest BCUT2D eigenvalue weighted by Crippen LogP contribution is 2.22. The Morgan fingerprint density at radius 1 is 1.06 bits per heavy atom. The molecule has 3 heterocycles. The molecule has 1 aromatic carbocycles. The molecule has 0 bridgehead atoms. The lowest BCUT2D eigenvalue weighted by molar-refractivity contribution is 0.311. The van der Waals surface area contributed by atoms with Gasteiger partial charge in [-0.1, -0.05) is 18.2 Å². The molecule has 32 heavy (non-hydrogen) atoms. The van der Waals surface area contributed by atoms with Gasteiger partial charge in [-0.3, -0.25) is 5.10 Å². The van der Waals surface area contributed by atoms with Crippen LogP contribution in [0.3, 0.4) is 0 Å². The zero-order chi connectivity index (χ0) is 22.5. The van der Waals surface area contributed by atoms with Crippen molar-refractivity contribution < 1.29 is 4.39 Å². The minimum atomic E-state index is -0.263. The number of H-pyrrole nitrogens is 1. The topological polar surface area (TPSA) is 97.9 Å². The molecule has 1 unspecified atom stereocenters. The molecular weight excluding hydrogens is 409 g/mol. The van der Waals surface area contributed by atoms with Crippen LogP contribution in [0.15, 0.2) is 36.4 Å². The molecule has 0 saturated carbocycles. The Morgan fingerprint density at radius 2 is 1.78 bits per heavy atom. The van der Waals surface area contributed by atoms with Crippen molar-refractivity contribution in [3.05, 3.63) is 53.5 Å². The Bertz CT molecular complexity index is 1060. The van der Waals surface area contributed by atoms with E-state index >= 15 is 0 Å². The lowest BCUT2D eigenvalue weighted by Gasteiger charge is -2.32. The third-order valence-corrected chi connectivity index (χ3v) is 5.31. The third kappa shape index (κ3) is 5.38. The molecule has 0 aliphatic carbocycles. The van der Waals surface area contributed by atoms with Gasteiger partial charge in [-0.2, -0.15) is 20.1 Å². The van der Waals surface area contributed by atoms with E-state index in [-0.39, 0.29) is 11.9 Å². The van der Waals surface area contributed by atoms with E-state index in [2.05, 4.69) is 52.6 Å². The number of aromatic nitrogens is 5. The number of piperazine rings is 1. The van der Waals surface area contributed by atoms with Gasteiger partial charge in [0.15, 0.2) is 5.82 Å². The first-order valence-corrected chi connectivity index (χ1v) is 10.7. The van der Waals surface area contributed by atoms with Gasteiger partial charge in [0.1, 0.15) is 5.82 Å². The van der Waals surface area contributed by atoms with Crippen LogP contribution in [-0.2, 0) is 0 Å². The van der Waals surface area contributed by atoms with Crippen molar-refractivity contribution in [3.8, 4) is 0 Å². The van der Waals surface area contributed by atoms with E-state index < -0.39 is 0 Å². The van der Waals surface area contributed by atoms with Crippen LogP contribution < -0.4 is 15.5 Å². The van der Waals surface area contributed by atoms with Crippen LogP contribution in [0.2, 0.25) is 0 Å². The predicted octanol–water partition coefficient (Wildman–Crippen LogP) is 3.44. The summed E-state index contributed by atoms with van der Waals surface area (Å²) in [5.74, 6) is 1.81. The Kier molecular flexibility index (Phi) is 6.60. The van der Waals surface area contributed by atoms with Gasteiger partial charge in [-0.15, -0.1) is 0 Å². The first-order valence-electron chi connectivity index (χ1n) is 10.7. The number of nitrogens with one attached hydrogen (secondary N) is 3. The fourth-order valence-corrected chi connectivity index (χ4v) is 3.44. The summed E-state index contributed by atoms with van der Waals surface area (Å²) >= 11 is 0. The van der Waals surface area contributed by atoms with Crippen molar-refractivity contribution in [3.63, 3.8) is 0 Å². The highest BCUT2D eigenvalue weighted by Gasteiger charge is 2.19. The normalized spacial score (nSPS) is 15.8. The summed E-state index contributed by atoms with van der Waals surface area (Å²) in [7, 11) is 2.11. The third-order valence-electron chi connectivity index (χ3n) is 5.31.